The maximum atomic E-state index is 11.7. The number of hydrogen-bond donors (Lipinski definition) is 2. The summed E-state index contributed by atoms with van der Waals surface area (Å²) in [6.07, 6.45) is 0.953. The van der Waals surface area contributed by atoms with Crippen LogP contribution in [0.15, 0.2) is 24.3 Å². The third kappa shape index (κ3) is 3.07. The van der Waals surface area contributed by atoms with Gasteiger partial charge in [-0.25, -0.2) is 0 Å². The van der Waals surface area contributed by atoms with Crippen LogP contribution in [0.1, 0.15) is 38.3 Å². The Labute approximate surface area is 103 Å². The second-order valence-corrected chi connectivity index (χ2v) is 4.81. The molecular weight excluding hydrogens is 212 g/mol. The van der Waals surface area contributed by atoms with Crippen molar-refractivity contribution in [1.82, 2.24) is 5.32 Å². The molecule has 3 nitrogen and oxygen atoms in total. The lowest BCUT2D eigenvalue weighted by molar-refractivity contribution is -0.124. The van der Waals surface area contributed by atoms with Crippen LogP contribution in [-0.2, 0) is 10.3 Å². The molecule has 0 bridgehead atoms. The Morgan fingerprint density at radius 1 is 1.41 bits per heavy atom. The average Bonchev–Trinajstić information content (AvgIpc) is 2.29. The smallest absolute Gasteiger partial charge is 0.242 e. The highest BCUT2D eigenvalue weighted by atomic mass is 16.1. The lowest BCUT2D eigenvalue weighted by Gasteiger charge is -2.31. The number of rotatable bonds is 5. The number of primary amides is 1. The molecule has 0 aliphatic heterocycles. The minimum Gasteiger partial charge on any atom is -0.368 e. The first-order valence-corrected chi connectivity index (χ1v) is 6.05. The molecule has 2 atom stereocenters. The molecule has 0 fully saturated rings. The van der Waals surface area contributed by atoms with Crippen LogP contribution in [0.4, 0.5) is 0 Å². The molecule has 2 unspecified atom stereocenters. The molecule has 3 heteroatoms. The SMILES string of the molecule is CCC(C)NC(C)(C(N)=O)c1ccc(C)cc1. The molecule has 17 heavy (non-hydrogen) atoms. The Bertz CT molecular complexity index is 386. The highest BCUT2D eigenvalue weighted by Crippen LogP contribution is 2.22. The number of carbonyl (C=O) groups excluding carboxylic acids is 1. The van der Waals surface area contributed by atoms with Gasteiger partial charge < -0.3 is 5.73 Å². The molecule has 0 saturated carbocycles. The van der Waals surface area contributed by atoms with Crippen LogP contribution >= 0.6 is 0 Å². The molecule has 3 N–H and O–H groups in total. The van der Waals surface area contributed by atoms with E-state index in [1.54, 1.807) is 0 Å². The summed E-state index contributed by atoms with van der Waals surface area (Å²) in [5.74, 6) is -0.346. The van der Waals surface area contributed by atoms with Crippen molar-refractivity contribution in [1.29, 1.82) is 0 Å². The van der Waals surface area contributed by atoms with E-state index in [4.69, 9.17) is 5.73 Å². The summed E-state index contributed by atoms with van der Waals surface area (Å²) in [6, 6.07) is 8.14. The molecule has 0 saturated heterocycles. The van der Waals surface area contributed by atoms with E-state index < -0.39 is 5.54 Å². The molecule has 1 aromatic rings. The summed E-state index contributed by atoms with van der Waals surface area (Å²) in [5.41, 5.74) is 6.82. The first-order chi connectivity index (χ1) is 7.90. The van der Waals surface area contributed by atoms with Crippen LogP contribution in [-0.4, -0.2) is 11.9 Å². The number of nitrogens with one attached hydrogen (secondary N) is 1. The van der Waals surface area contributed by atoms with E-state index >= 15 is 0 Å². The molecule has 0 aliphatic rings. The second-order valence-electron chi connectivity index (χ2n) is 4.81. The number of hydrogen-bond acceptors (Lipinski definition) is 2. The fourth-order valence-electron chi connectivity index (χ4n) is 1.78. The van der Waals surface area contributed by atoms with Crippen molar-refractivity contribution in [2.24, 2.45) is 5.73 Å². The van der Waals surface area contributed by atoms with Gasteiger partial charge in [-0.05, 0) is 32.8 Å². The van der Waals surface area contributed by atoms with Crippen LogP contribution in [0.25, 0.3) is 0 Å². The third-order valence-corrected chi connectivity index (χ3v) is 3.27. The van der Waals surface area contributed by atoms with Crippen molar-refractivity contribution in [3.63, 3.8) is 0 Å². The maximum Gasteiger partial charge on any atom is 0.242 e. The van der Waals surface area contributed by atoms with Gasteiger partial charge in [0.05, 0.1) is 0 Å². The van der Waals surface area contributed by atoms with Crippen LogP contribution in [0.3, 0.4) is 0 Å². The zero-order valence-electron chi connectivity index (χ0n) is 11.1. The van der Waals surface area contributed by atoms with Crippen molar-refractivity contribution in [3.8, 4) is 0 Å². The predicted molar refractivity (Wildman–Crippen MR) is 70.6 cm³/mol. The largest absolute Gasteiger partial charge is 0.368 e. The number of nitrogens with two attached hydrogens (primary N) is 1. The van der Waals surface area contributed by atoms with Crippen molar-refractivity contribution in [3.05, 3.63) is 35.4 Å². The van der Waals surface area contributed by atoms with E-state index in [0.29, 0.717) is 0 Å². The standard InChI is InChI=1S/C14H22N2O/c1-5-11(3)16-14(4,13(15)17)12-8-6-10(2)7-9-12/h6-9,11,16H,5H2,1-4H3,(H2,15,17). The Kier molecular flexibility index (Phi) is 4.29. The van der Waals surface area contributed by atoms with E-state index in [0.717, 1.165) is 12.0 Å². The first kappa shape index (κ1) is 13.7. The molecule has 94 valence electrons. The molecule has 0 aromatic heterocycles. The Morgan fingerprint density at radius 3 is 2.35 bits per heavy atom. The number of carbonyl (C=O) groups is 1. The highest BCUT2D eigenvalue weighted by molar-refractivity contribution is 5.85. The first-order valence-electron chi connectivity index (χ1n) is 6.05. The van der Waals surface area contributed by atoms with Crippen molar-refractivity contribution in [2.75, 3.05) is 0 Å². The molecule has 0 aliphatic carbocycles. The van der Waals surface area contributed by atoms with Gasteiger partial charge in [0.25, 0.3) is 0 Å². The van der Waals surface area contributed by atoms with Gasteiger partial charge in [0.15, 0.2) is 0 Å². The zero-order chi connectivity index (χ0) is 13.1. The molecule has 0 radical (unpaired) electrons. The number of aryl methyl sites for hydroxylation is 1. The van der Waals surface area contributed by atoms with Gasteiger partial charge in [0.2, 0.25) is 5.91 Å². The van der Waals surface area contributed by atoms with Gasteiger partial charge in [-0.3, -0.25) is 10.1 Å². The molecule has 1 amide bonds. The van der Waals surface area contributed by atoms with Crippen LogP contribution in [0.5, 0.6) is 0 Å². The average molecular weight is 234 g/mol. The van der Waals surface area contributed by atoms with Crippen molar-refractivity contribution < 1.29 is 4.79 Å². The van der Waals surface area contributed by atoms with Gasteiger partial charge in [-0.2, -0.15) is 0 Å². The molecular formula is C14H22N2O. The second kappa shape index (κ2) is 5.32. The van der Waals surface area contributed by atoms with Crippen LogP contribution < -0.4 is 11.1 Å². The summed E-state index contributed by atoms with van der Waals surface area (Å²) >= 11 is 0. The van der Waals surface area contributed by atoms with Gasteiger partial charge in [-0.15, -0.1) is 0 Å². The summed E-state index contributed by atoms with van der Waals surface area (Å²) in [4.78, 5) is 11.7. The van der Waals surface area contributed by atoms with Gasteiger partial charge in [-0.1, -0.05) is 36.8 Å². The lowest BCUT2D eigenvalue weighted by Crippen LogP contribution is -2.53. The highest BCUT2D eigenvalue weighted by Gasteiger charge is 2.33. The minimum atomic E-state index is -0.802. The van der Waals surface area contributed by atoms with E-state index in [2.05, 4.69) is 19.2 Å². The lowest BCUT2D eigenvalue weighted by atomic mass is 9.89. The number of amides is 1. The van der Waals surface area contributed by atoms with E-state index in [1.807, 2.05) is 38.1 Å². The summed E-state index contributed by atoms with van der Waals surface area (Å²) in [5, 5.41) is 3.30. The normalized spacial score (nSPS) is 16.2. The van der Waals surface area contributed by atoms with E-state index in [-0.39, 0.29) is 11.9 Å². The monoisotopic (exact) mass is 234 g/mol. The molecule has 1 rings (SSSR count). The van der Waals surface area contributed by atoms with Gasteiger partial charge in [0, 0.05) is 6.04 Å². The maximum absolute atomic E-state index is 11.7. The molecule has 0 heterocycles. The van der Waals surface area contributed by atoms with Crippen molar-refractivity contribution in [2.45, 2.75) is 45.7 Å². The predicted octanol–water partition coefficient (Wildman–Crippen LogP) is 2.08. The van der Waals surface area contributed by atoms with Crippen LogP contribution in [0, 0.1) is 6.92 Å². The van der Waals surface area contributed by atoms with Crippen molar-refractivity contribution >= 4 is 5.91 Å². The zero-order valence-corrected chi connectivity index (χ0v) is 11.1. The third-order valence-electron chi connectivity index (χ3n) is 3.27. The van der Waals surface area contributed by atoms with Crippen LogP contribution in [0.2, 0.25) is 0 Å². The van der Waals surface area contributed by atoms with Gasteiger partial charge >= 0.3 is 0 Å². The topological polar surface area (TPSA) is 55.1 Å². The Morgan fingerprint density at radius 2 is 1.94 bits per heavy atom. The van der Waals surface area contributed by atoms with Gasteiger partial charge in [0.1, 0.15) is 5.54 Å². The fraction of sp³-hybridized carbons (Fsp3) is 0.500. The summed E-state index contributed by atoms with van der Waals surface area (Å²) in [6.45, 7) is 7.99. The molecule has 0 spiro atoms. The fourth-order valence-corrected chi connectivity index (χ4v) is 1.78. The van der Waals surface area contributed by atoms with E-state index in [1.165, 1.54) is 5.56 Å². The number of benzene rings is 1. The Hall–Kier alpha value is -1.35. The minimum absolute atomic E-state index is 0.244. The summed E-state index contributed by atoms with van der Waals surface area (Å²) < 4.78 is 0. The van der Waals surface area contributed by atoms with E-state index in [9.17, 15) is 4.79 Å². The molecule has 1 aromatic carbocycles. The quantitative estimate of drug-likeness (QED) is 0.819. The summed E-state index contributed by atoms with van der Waals surface area (Å²) in [7, 11) is 0. The Balaban J connectivity index is 3.07.